The Labute approximate surface area is 173 Å². The van der Waals surface area contributed by atoms with Crippen LogP contribution in [0.4, 0.5) is 11.4 Å². The predicted octanol–water partition coefficient (Wildman–Crippen LogP) is 3.13. The van der Waals surface area contributed by atoms with Crippen LogP contribution in [0.5, 0.6) is 0 Å². The van der Waals surface area contributed by atoms with Gasteiger partial charge in [-0.3, -0.25) is 9.59 Å². The van der Waals surface area contributed by atoms with Crippen LogP contribution in [0.3, 0.4) is 0 Å². The Morgan fingerprint density at radius 1 is 1.10 bits per heavy atom. The second-order valence-corrected chi connectivity index (χ2v) is 8.92. The number of hydrogen-bond donors (Lipinski definition) is 1. The van der Waals surface area contributed by atoms with Gasteiger partial charge in [-0.2, -0.15) is 0 Å². The Kier molecular flexibility index (Phi) is 6.09. The summed E-state index contributed by atoms with van der Waals surface area (Å²) in [5, 5.41) is 3.02. The number of carbonyl (C=O) groups excluding carboxylic acids is 2. The van der Waals surface area contributed by atoms with Crippen LogP contribution >= 0.6 is 0 Å². The van der Waals surface area contributed by atoms with Gasteiger partial charge in [0.1, 0.15) is 0 Å². The first kappa shape index (κ1) is 20.2. The number of ether oxygens (including phenoxy) is 1. The van der Waals surface area contributed by atoms with Gasteiger partial charge in [0.15, 0.2) is 0 Å². The van der Waals surface area contributed by atoms with Crippen LogP contribution in [-0.2, 0) is 14.3 Å². The minimum absolute atomic E-state index is 0.0449. The van der Waals surface area contributed by atoms with Crippen LogP contribution in [0.2, 0.25) is 0 Å². The number of likely N-dealkylation sites (tertiary alicyclic amines) is 1. The van der Waals surface area contributed by atoms with Crippen molar-refractivity contribution in [1.82, 2.24) is 4.90 Å². The number of amides is 2. The fraction of sp³-hybridized carbons (Fsp3) is 0.652. The second-order valence-electron chi connectivity index (χ2n) is 8.92. The van der Waals surface area contributed by atoms with E-state index in [-0.39, 0.29) is 23.8 Å². The summed E-state index contributed by atoms with van der Waals surface area (Å²) in [5.41, 5.74) is 1.94. The Morgan fingerprint density at radius 2 is 1.83 bits per heavy atom. The third kappa shape index (κ3) is 4.42. The molecule has 1 saturated carbocycles. The maximum absolute atomic E-state index is 12.8. The molecular formula is C23H33N3O3. The number of carbonyl (C=O) groups is 2. The summed E-state index contributed by atoms with van der Waals surface area (Å²) in [6, 6.07) is 8.26. The lowest BCUT2D eigenvalue weighted by molar-refractivity contribution is -0.131. The van der Waals surface area contributed by atoms with Crippen molar-refractivity contribution in [3.63, 3.8) is 0 Å². The minimum Gasteiger partial charge on any atom is -0.378 e. The van der Waals surface area contributed by atoms with Crippen molar-refractivity contribution in [1.29, 1.82) is 0 Å². The standard InChI is InChI=1S/C23H33N3O3/c1-16-4-3-5-21(17(16)2)26-15-18(14-22(26)27)23(28)24-19-6-8-20(9-7-19)25-10-12-29-13-11-25/h6-9,16-18,21H,3-5,10-15H2,1-2H3,(H,24,28)/t16-,17+,18-,21+/m1/s1. The molecule has 1 aliphatic carbocycles. The Bertz CT molecular complexity index is 729. The molecule has 0 aromatic heterocycles. The molecule has 29 heavy (non-hydrogen) atoms. The molecule has 0 radical (unpaired) electrons. The summed E-state index contributed by atoms with van der Waals surface area (Å²) in [5.74, 6) is 0.975. The van der Waals surface area contributed by atoms with Gasteiger partial charge in [0.25, 0.3) is 0 Å². The van der Waals surface area contributed by atoms with Crippen molar-refractivity contribution in [2.24, 2.45) is 17.8 Å². The molecule has 2 aliphatic heterocycles. The van der Waals surface area contributed by atoms with Crippen LogP contribution in [-0.4, -0.2) is 55.6 Å². The van der Waals surface area contributed by atoms with Gasteiger partial charge < -0.3 is 19.9 Å². The number of nitrogens with one attached hydrogen (secondary N) is 1. The molecule has 2 heterocycles. The maximum Gasteiger partial charge on any atom is 0.229 e. The quantitative estimate of drug-likeness (QED) is 0.845. The van der Waals surface area contributed by atoms with Crippen LogP contribution in [0.25, 0.3) is 0 Å². The van der Waals surface area contributed by atoms with Crippen LogP contribution in [0.1, 0.15) is 39.5 Å². The van der Waals surface area contributed by atoms with Crippen molar-refractivity contribution in [2.45, 2.75) is 45.6 Å². The first-order valence-corrected chi connectivity index (χ1v) is 11.1. The van der Waals surface area contributed by atoms with Gasteiger partial charge >= 0.3 is 0 Å². The van der Waals surface area contributed by atoms with E-state index in [1.807, 2.05) is 29.2 Å². The average molecular weight is 400 g/mol. The Morgan fingerprint density at radius 3 is 2.55 bits per heavy atom. The van der Waals surface area contributed by atoms with E-state index >= 15 is 0 Å². The Balaban J connectivity index is 1.34. The zero-order valence-corrected chi connectivity index (χ0v) is 17.6. The molecule has 6 nitrogen and oxygen atoms in total. The van der Waals surface area contributed by atoms with E-state index in [0.29, 0.717) is 24.8 Å². The highest BCUT2D eigenvalue weighted by Crippen LogP contribution is 2.36. The number of hydrogen-bond acceptors (Lipinski definition) is 4. The molecule has 4 rings (SSSR count). The zero-order chi connectivity index (χ0) is 20.4. The summed E-state index contributed by atoms with van der Waals surface area (Å²) in [7, 11) is 0. The van der Waals surface area contributed by atoms with Crippen molar-refractivity contribution in [2.75, 3.05) is 43.1 Å². The van der Waals surface area contributed by atoms with Crippen molar-refractivity contribution in [3.8, 4) is 0 Å². The first-order valence-electron chi connectivity index (χ1n) is 11.1. The average Bonchev–Trinajstić information content (AvgIpc) is 3.13. The number of nitrogens with zero attached hydrogens (tertiary/aromatic N) is 2. The predicted molar refractivity (Wildman–Crippen MR) is 114 cm³/mol. The molecule has 0 spiro atoms. The molecular weight excluding hydrogens is 366 g/mol. The van der Waals surface area contributed by atoms with Gasteiger partial charge in [-0.05, 0) is 42.5 Å². The van der Waals surface area contributed by atoms with Gasteiger partial charge in [-0.15, -0.1) is 0 Å². The number of benzene rings is 1. The van der Waals surface area contributed by atoms with Gasteiger partial charge in [-0.25, -0.2) is 0 Å². The fourth-order valence-electron chi connectivity index (χ4n) is 5.04. The molecule has 3 aliphatic rings. The van der Waals surface area contributed by atoms with Crippen LogP contribution < -0.4 is 10.2 Å². The lowest BCUT2D eigenvalue weighted by atomic mass is 9.77. The van der Waals surface area contributed by atoms with Crippen molar-refractivity contribution >= 4 is 23.2 Å². The van der Waals surface area contributed by atoms with Gasteiger partial charge in [0.2, 0.25) is 11.8 Å². The molecule has 158 valence electrons. The molecule has 1 N–H and O–H groups in total. The van der Waals surface area contributed by atoms with E-state index in [0.717, 1.165) is 44.1 Å². The number of rotatable bonds is 4. The highest BCUT2D eigenvalue weighted by Gasteiger charge is 2.41. The summed E-state index contributed by atoms with van der Waals surface area (Å²) in [6.07, 6.45) is 3.81. The van der Waals surface area contributed by atoms with Crippen LogP contribution in [0.15, 0.2) is 24.3 Å². The monoisotopic (exact) mass is 399 g/mol. The number of morpholine rings is 1. The van der Waals surface area contributed by atoms with Gasteiger partial charge in [0, 0.05) is 43.5 Å². The highest BCUT2D eigenvalue weighted by molar-refractivity contribution is 5.97. The summed E-state index contributed by atoms with van der Waals surface area (Å²) < 4.78 is 5.40. The molecule has 2 saturated heterocycles. The third-order valence-corrected chi connectivity index (χ3v) is 7.10. The van der Waals surface area contributed by atoms with E-state index in [4.69, 9.17) is 4.74 Å². The summed E-state index contributed by atoms with van der Waals surface area (Å²) >= 11 is 0. The lowest BCUT2D eigenvalue weighted by Crippen LogP contribution is -2.45. The highest BCUT2D eigenvalue weighted by atomic mass is 16.5. The molecule has 6 heteroatoms. The summed E-state index contributed by atoms with van der Waals surface area (Å²) in [6.45, 7) is 8.38. The zero-order valence-electron chi connectivity index (χ0n) is 17.6. The maximum atomic E-state index is 12.8. The molecule has 3 fully saturated rings. The molecule has 0 unspecified atom stereocenters. The van der Waals surface area contributed by atoms with E-state index < -0.39 is 0 Å². The molecule has 4 atom stereocenters. The van der Waals surface area contributed by atoms with Crippen molar-refractivity contribution < 1.29 is 14.3 Å². The smallest absolute Gasteiger partial charge is 0.229 e. The van der Waals surface area contributed by atoms with Crippen LogP contribution in [0, 0.1) is 17.8 Å². The largest absolute Gasteiger partial charge is 0.378 e. The topological polar surface area (TPSA) is 61.9 Å². The van der Waals surface area contributed by atoms with Crippen molar-refractivity contribution in [3.05, 3.63) is 24.3 Å². The van der Waals surface area contributed by atoms with E-state index in [9.17, 15) is 9.59 Å². The SMILES string of the molecule is C[C@H]1[C@H](C)CCC[C@@H]1N1C[C@H](C(=O)Nc2ccc(N3CCOCC3)cc2)CC1=O. The van der Waals surface area contributed by atoms with E-state index in [1.54, 1.807) is 0 Å². The molecule has 0 bridgehead atoms. The molecule has 1 aromatic rings. The lowest BCUT2D eigenvalue weighted by Gasteiger charge is -2.40. The molecule has 1 aromatic carbocycles. The molecule has 2 amide bonds. The first-order chi connectivity index (χ1) is 14.0. The number of anilines is 2. The fourth-order valence-corrected chi connectivity index (χ4v) is 5.04. The minimum atomic E-state index is -0.258. The van der Waals surface area contributed by atoms with Gasteiger partial charge in [-0.1, -0.05) is 26.7 Å². The Hall–Kier alpha value is -2.08. The van der Waals surface area contributed by atoms with E-state index in [2.05, 4.69) is 24.1 Å². The summed E-state index contributed by atoms with van der Waals surface area (Å²) in [4.78, 5) is 29.7. The van der Waals surface area contributed by atoms with E-state index in [1.165, 1.54) is 12.8 Å². The third-order valence-electron chi connectivity index (χ3n) is 7.10. The second kappa shape index (κ2) is 8.74. The normalized spacial score (nSPS) is 30.5. The van der Waals surface area contributed by atoms with Gasteiger partial charge in [0.05, 0.1) is 19.1 Å².